The third-order valence-corrected chi connectivity index (χ3v) is 2.48. The molecule has 0 saturated carbocycles. The molecule has 0 fully saturated rings. The Bertz CT molecular complexity index is 368. The number of para-hydroxylation sites is 1. The van der Waals surface area contributed by atoms with Gasteiger partial charge < -0.3 is 4.74 Å². The molecule has 0 saturated heterocycles. The van der Waals surface area contributed by atoms with Crippen LogP contribution in [0.25, 0.3) is 0 Å². The molecule has 1 aromatic carbocycles. The second kappa shape index (κ2) is 3.66. The van der Waals surface area contributed by atoms with Crippen LogP contribution >= 0.6 is 0 Å². The Hall–Kier alpha value is -1.57. The molecule has 1 aromatic rings. The van der Waals surface area contributed by atoms with Gasteiger partial charge in [-0.2, -0.15) is 0 Å². The predicted octanol–water partition coefficient (Wildman–Crippen LogP) is 1.99. The Morgan fingerprint density at radius 2 is 2.29 bits per heavy atom. The normalized spacial score (nSPS) is 19.3. The number of benzene rings is 1. The maximum absolute atomic E-state index is 11.4. The first-order valence-corrected chi connectivity index (χ1v) is 4.68. The van der Waals surface area contributed by atoms with E-state index < -0.39 is 0 Å². The summed E-state index contributed by atoms with van der Waals surface area (Å²) < 4.78 is 5.49. The number of ketones is 1. The van der Waals surface area contributed by atoms with Gasteiger partial charge in [-0.15, -0.1) is 0 Å². The summed E-state index contributed by atoms with van der Waals surface area (Å²) in [6.07, 6.45) is 2.14. The van der Waals surface area contributed by atoms with Crippen molar-refractivity contribution in [1.82, 2.24) is 0 Å². The molecule has 0 aromatic heterocycles. The summed E-state index contributed by atoms with van der Waals surface area (Å²) >= 11 is 0. The van der Waals surface area contributed by atoms with E-state index >= 15 is 0 Å². The molecule has 2 heteroatoms. The van der Waals surface area contributed by atoms with E-state index in [-0.39, 0.29) is 11.7 Å². The Labute approximate surface area is 83.2 Å². The molecule has 1 aliphatic heterocycles. The van der Waals surface area contributed by atoms with E-state index in [1.165, 1.54) is 6.08 Å². The van der Waals surface area contributed by atoms with Gasteiger partial charge in [-0.25, -0.2) is 0 Å². The summed E-state index contributed by atoms with van der Waals surface area (Å²) in [5.74, 6) is 0.919. The van der Waals surface area contributed by atoms with Crippen molar-refractivity contribution in [2.75, 3.05) is 6.61 Å². The lowest BCUT2D eigenvalue weighted by Gasteiger charge is -2.23. The Balaban J connectivity index is 2.21. The first kappa shape index (κ1) is 9.00. The average Bonchev–Trinajstić information content (AvgIpc) is 2.27. The minimum absolute atomic E-state index is 0.0533. The molecule has 2 nitrogen and oxygen atoms in total. The van der Waals surface area contributed by atoms with Crippen LogP contribution in [0.3, 0.4) is 0 Å². The molecule has 0 radical (unpaired) electrons. The van der Waals surface area contributed by atoms with Crippen molar-refractivity contribution in [1.29, 1.82) is 0 Å². The van der Waals surface area contributed by atoms with Crippen molar-refractivity contribution in [3.63, 3.8) is 0 Å². The van der Waals surface area contributed by atoms with Crippen LogP contribution in [0.2, 0.25) is 0 Å². The fourth-order valence-electron chi connectivity index (χ4n) is 1.68. The van der Waals surface area contributed by atoms with Gasteiger partial charge in [0.05, 0.1) is 12.5 Å². The van der Waals surface area contributed by atoms with Gasteiger partial charge in [0.1, 0.15) is 5.75 Å². The first-order valence-electron chi connectivity index (χ1n) is 4.68. The molecule has 0 spiro atoms. The topological polar surface area (TPSA) is 26.3 Å². The maximum Gasteiger partial charge on any atom is 0.161 e. The molecule has 14 heavy (non-hydrogen) atoms. The van der Waals surface area contributed by atoms with Crippen LogP contribution in [0.15, 0.2) is 36.9 Å². The summed E-state index contributed by atoms with van der Waals surface area (Å²) in [7, 11) is 0. The first-order chi connectivity index (χ1) is 6.81. The highest BCUT2D eigenvalue weighted by atomic mass is 16.5. The molecule has 1 aliphatic rings. The summed E-state index contributed by atoms with van der Waals surface area (Å²) in [6.45, 7) is 3.96. The lowest BCUT2D eigenvalue weighted by atomic mass is 9.93. The zero-order valence-electron chi connectivity index (χ0n) is 7.90. The minimum Gasteiger partial charge on any atom is -0.493 e. The van der Waals surface area contributed by atoms with Crippen LogP contribution in [-0.2, 0) is 11.2 Å². The third kappa shape index (κ3) is 1.55. The summed E-state index contributed by atoms with van der Waals surface area (Å²) in [5, 5.41) is 0. The predicted molar refractivity (Wildman–Crippen MR) is 54.3 cm³/mol. The van der Waals surface area contributed by atoms with Gasteiger partial charge in [0.2, 0.25) is 0 Å². The van der Waals surface area contributed by atoms with E-state index in [4.69, 9.17) is 4.74 Å². The standard InChI is InChI=1S/C12H12O2/c1-2-11(13)10-7-9-5-3-4-6-12(9)14-8-10/h2-6,10H,1,7-8H2. The lowest BCUT2D eigenvalue weighted by Crippen LogP contribution is -2.26. The molecule has 1 heterocycles. The fourth-order valence-corrected chi connectivity index (χ4v) is 1.68. The van der Waals surface area contributed by atoms with Crippen LogP contribution in [0, 0.1) is 5.92 Å². The minimum atomic E-state index is -0.0533. The summed E-state index contributed by atoms with van der Waals surface area (Å²) in [6, 6.07) is 7.83. The van der Waals surface area contributed by atoms with Crippen LogP contribution in [0.5, 0.6) is 5.75 Å². The quantitative estimate of drug-likeness (QED) is 0.663. The Morgan fingerprint density at radius 1 is 1.50 bits per heavy atom. The van der Waals surface area contributed by atoms with Gasteiger partial charge in [0.15, 0.2) is 5.78 Å². The van der Waals surface area contributed by atoms with Gasteiger partial charge in [0.25, 0.3) is 0 Å². The third-order valence-electron chi connectivity index (χ3n) is 2.48. The zero-order chi connectivity index (χ0) is 9.97. The average molecular weight is 188 g/mol. The van der Waals surface area contributed by atoms with Crippen LogP contribution in [0.4, 0.5) is 0 Å². The van der Waals surface area contributed by atoms with E-state index in [9.17, 15) is 4.79 Å². The number of hydrogen-bond donors (Lipinski definition) is 0. The Kier molecular flexibility index (Phi) is 2.35. The van der Waals surface area contributed by atoms with Gasteiger partial charge >= 0.3 is 0 Å². The number of ether oxygens (including phenoxy) is 1. The highest BCUT2D eigenvalue weighted by Gasteiger charge is 2.23. The van der Waals surface area contributed by atoms with E-state index in [1.54, 1.807) is 0 Å². The van der Waals surface area contributed by atoms with Gasteiger partial charge in [-0.3, -0.25) is 4.79 Å². The van der Waals surface area contributed by atoms with Crippen molar-refractivity contribution in [3.05, 3.63) is 42.5 Å². The van der Waals surface area contributed by atoms with E-state index in [2.05, 4.69) is 6.58 Å². The molecule has 1 atom stereocenters. The number of carbonyl (C=O) groups excluding carboxylic acids is 1. The molecule has 72 valence electrons. The number of allylic oxidation sites excluding steroid dienone is 1. The number of rotatable bonds is 2. The molecule has 0 N–H and O–H groups in total. The van der Waals surface area contributed by atoms with Crippen LogP contribution in [0.1, 0.15) is 5.56 Å². The van der Waals surface area contributed by atoms with Crippen molar-refractivity contribution in [2.45, 2.75) is 6.42 Å². The number of carbonyl (C=O) groups is 1. The molecular formula is C12H12O2. The second-order valence-corrected chi connectivity index (χ2v) is 3.43. The van der Waals surface area contributed by atoms with E-state index in [1.807, 2.05) is 24.3 Å². The molecule has 0 bridgehead atoms. The molecule has 2 rings (SSSR count). The van der Waals surface area contributed by atoms with Crippen LogP contribution < -0.4 is 4.74 Å². The highest BCUT2D eigenvalue weighted by molar-refractivity contribution is 5.91. The fraction of sp³-hybridized carbons (Fsp3) is 0.250. The monoisotopic (exact) mass is 188 g/mol. The van der Waals surface area contributed by atoms with Crippen molar-refractivity contribution in [3.8, 4) is 5.75 Å². The van der Waals surface area contributed by atoms with Crippen molar-refractivity contribution < 1.29 is 9.53 Å². The Morgan fingerprint density at radius 3 is 3.07 bits per heavy atom. The highest BCUT2D eigenvalue weighted by Crippen LogP contribution is 2.27. The smallest absolute Gasteiger partial charge is 0.161 e. The molecular weight excluding hydrogens is 176 g/mol. The molecule has 1 unspecified atom stereocenters. The van der Waals surface area contributed by atoms with Gasteiger partial charge in [-0.1, -0.05) is 24.8 Å². The van der Waals surface area contributed by atoms with Gasteiger partial charge in [-0.05, 0) is 24.1 Å². The second-order valence-electron chi connectivity index (χ2n) is 3.43. The molecule has 0 amide bonds. The van der Waals surface area contributed by atoms with Crippen LogP contribution in [-0.4, -0.2) is 12.4 Å². The largest absolute Gasteiger partial charge is 0.493 e. The van der Waals surface area contributed by atoms with Gasteiger partial charge in [0, 0.05) is 0 Å². The number of hydrogen-bond acceptors (Lipinski definition) is 2. The molecule has 0 aliphatic carbocycles. The summed E-state index contributed by atoms with van der Waals surface area (Å²) in [5.41, 5.74) is 1.11. The van der Waals surface area contributed by atoms with Crippen molar-refractivity contribution >= 4 is 5.78 Å². The number of fused-ring (bicyclic) bond motifs is 1. The maximum atomic E-state index is 11.4. The SMILES string of the molecule is C=CC(=O)C1COc2ccccc2C1. The van der Waals surface area contributed by atoms with E-state index in [0.717, 1.165) is 17.7 Å². The summed E-state index contributed by atoms with van der Waals surface area (Å²) in [4.78, 5) is 11.4. The van der Waals surface area contributed by atoms with Crippen molar-refractivity contribution in [2.24, 2.45) is 5.92 Å². The zero-order valence-corrected chi connectivity index (χ0v) is 7.90. The van der Waals surface area contributed by atoms with E-state index in [0.29, 0.717) is 6.61 Å². The lowest BCUT2D eigenvalue weighted by molar-refractivity contribution is -0.119.